The SMILES string of the molecule is C=CCOC(=O)N1c2ccc(OCOCCOC)cc2C[C@H]1C=O. The molecule has 24 heavy (non-hydrogen) atoms. The Bertz CT molecular complexity index is 588. The highest BCUT2D eigenvalue weighted by Gasteiger charge is 2.34. The molecule has 0 radical (unpaired) electrons. The molecule has 0 spiro atoms. The number of hydrogen-bond acceptors (Lipinski definition) is 6. The number of amides is 1. The minimum absolute atomic E-state index is 0.0935. The number of nitrogens with zero attached hydrogens (tertiary/aromatic N) is 1. The van der Waals surface area contributed by atoms with Crippen molar-refractivity contribution in [1.82, 2.24) is 0 Å². The van der Waals surface area contributed by atoms with Crippen LogP contribution < -0.4 is 9.64 Å². The fourth-order valence-electron chi connectivity index (χ4n) is 2.40. The third-order valence-electron chi connectivity index (χ3n) is 3.49. The molecule has 7 nitrogen and oxygen atoms in total. The van der Waals surface area contributed by atoms with Gasteiger partial charge in [0.05, 0.1) is 24.9 Å². The van der Waals surface area contributed by atoms with Crippen LogP contribution in [0.15, 0.2) is 30.9 Å². The van der Waals surface area contributed by atoms with Crippen LogP contribution in [-0.2, 0) is 25.4 Å². The number of carbonyl (C=O) groups excluding carboxylic acids is 2. The van der Waals surface area contributed by atoms with E-state index in [4.69, 9.17) is 18.9 Å². The van der Waals surface area contributed by atoms with E-state index in [1.54, 1.807) is 25.3 Å². The first kappa shape index (κ1) is 18.0. The first-order valence-electron chi connectivity index (χ1n) is 7.55. The van der Waals surface area contributed by atoms with Crippen molar-refractivity contribution in [2.45, 2.75) is 12.5 Å². The van der Waals surface area contributed by atoms with E-state index in [9.17, 15) is 9.59 Å². The average molecular weight is 335 g/mol. The molecule has 0 N–H and O–H groups in total. The Morgan fingerprint density at radius 3 is 2.96 bits per heavy atom. The Labute approximate surface area is 140 Å². The maximum atomic E-state index is 12.1. The van der Waals surface area contributed by atoms with E-state index in [0.29, 0.717) is 31.1 Å². The Hall–Kier alpha value is -2.38. The summed E-state index contributed by atoms with van der Waals surface area (Å²) in [6, 6.07) is 4.68. The second-order valence-corrected chi connectivity index (χ2v) is 5.10. The van der Waals surface area contributed by atoms with Gasteiger partial charge in [-0.2, -0.15) is 0 Å². The van der Waals surface area contributed by atoms with Gasteiger partial charge in [-0.3, -0.25) is 4.90 Å². The van der Waals surface area contributed by atoms with Crippen molar-refractivity contribution in [3.63, 3.8) is 0 Å². The van der Waals surface area contributed by atoms with Crippen molar-refractivity contribution in [2.24, 2.45) is 0 Å². The van der Waals surface area contributed by atoms with Crippen molar-refractivity contribution in [3.8, 4) is 5.75 Å². The quantitative estimate of drug-likeness (QED) is 0.297. The zero-order valence-electron chi connectivity index (χ0n) is 13.6. The standard InChI is InChI=1S/C17H21NO6/c1-3-6-23-17(20)18-14(11-19)9-13-10-15(4-5-16(13)18)24-12-22-8-7-21-2/h3-5,10-11,14H,1,6-9,12H2,2H3/t14-/m0/s1. The van der Waals surface area contributed by atoms with Gasteiger partial charge in [0.25, 0.3) is 0 Å². The predicted molar refractivity (Wildman–Crippen MR) is 87.3 cm³/mol. The summed E-state index contributed by atoms with van der Waals surface area (Å²) in [5.41, 5.74) is 1.49. The summed E-state index contributed by atoms with van der Waals surface area (Å²) in [7, 11) is 1.60. The maximum absolute atomic E-state index is 12.1. The Kier molecular flexibility index (Phi) is 6.77. The van der Waals surface area contributed by atoms with Gasteiger partial charge >= 0.3 is 6.09 Å². The van der Waals surface area contributed by atoms with Gasteiger partial charge in [-0.05, 0) is 23.8 Å². The van der Waals surface area contributed by atoms with Crippen LogP contribution in [0.2, 0.25) is 0 Å². The van der Waals surface area contributed by atoms with E-state index < -0.39 is 12.1 Å². The molecule has 7 heteroatoms. The number of aldehydes is 1. The molecule has 0 unspecified atom stereocenters. The van der Waals surface area contributed by atoms with Crippen LogP contribution >= 0.6 is 0 Å². The molecular formula is C17H21NO6. The lowest BCUT2D eigenvalue weighted by atomic mass is 10.1. The van der Waals surface area contributed by atoms with E-state index in [-0.39, 0.29) is 13.4 Å². The predicted octanol–water partition coefficient (Wildman–Crippen LogP) is 1.94. The van der Waals surface area contributed by atoms with E-state index in [1.165, 1.54) is 11.0 Å². The van der Waals surface area contributed by atoms with E-state index >= 15 is 0 Å². The molecule has 0 bridgehead atoms. The molecule has 1 aromatic carbocycles. The van der Waals surface area contributed by atoms with Gasteiger partial charge in [-0.1, -0.05) is 12.7 Å². The van der Waals surface area contributed by atoms with Gasteiger partial charge in [-0.25, -0.2) is 4.79 Å². The third-order valence-corrected chi connectivity index (χ3v) is 3.49. The van der Waals surface area contributed by atoms with Crippen LogP contribution in [0.25, 0.3) is 0 Å². The molecule has 1 aromatic rings. The highest BCUT2D eigenvalue weighted by atomic mass is 16.7. The molecule has 0 saturated heterocycles. The van der Waals surface area contributed by atoms with Crippen LogP contribution in [0, 0.1) is 0 Å². The van der Waals surface area contributed by atoms with E-state index in [1.807, 2.05) is 0 Å². The smallest absolute Gasteiger partial charge is 0.415 e. The lowest BCUT2D eigenvalue weighted by Crippen LogP contribution is -2.39. The van der Waals surface area contributed by atoms with Gasteiger partial charge in [-0.15, -0.1) is 0 Å². The summed E-state index contributed by atoms with van der Waals surface area (Å²) in [6.07, 6.45) is 2.07. The Balaban J connectivity index is 2.03. The monoisotopic (exact) mass is 335 g/mol. The van der Waals surface area contributed by atoms with Gasteiger partial charge in [0.1, 0.15) is 18.6 Å². The summed E-state index contributed by atoms with van der Waals surface area (Å²) in [5, 5.41) is 0. The molecule has 1 atom stereocenters. The van der Waals surface area contributed by atoms with Gasteiger partial charge < -0.3 is 23.7 Å². The molecule has 0 aromatic heterocycles. The fourth-order valence-corrected chi connectivity index (χ4v) is 2.40. The third kappa shape index (κ3) is 4.33. The van der Waals surface area contributed by atoms with E-state index in [2.05, 4.69) is 6.58 Å². The van der Waals surface area contributed by atoms with Crippen molar-refractivity contribution in [3.05, 3.63) is 36.4 Å². The van der Waals surface area contributed by atoms with Crippen molar-refractivity contribution in [1.29, 1.82) is 0 Å². The summed E-state index contributed by atoms with van der Waals surface area (Å²) in [4.78, 5) is 24.8. The number of benzene rings is 1. The number of methoxy groups -OCH3 is 1. The first-order valence-corrected chi connectivity index (χ1v) is 7.55. The number of hydrogen-bond donors (Lipinski definition) is 0. The van der Waals surface area contributed by atoms with Crippen molar-refractivity contribution < 1.29 is 28.5 Å². The van der Waals surface area contributed by atoms with Crippen LogP contribution in [0.4, 0.5) is 10.5 Å². The van der Waals surface area contributed by atoms with Gasteiger partial charge in [0, 0.05) is 13.5 Å². The normalized spacial score (nSPS) is 15.7. The molecule has 1 aliphatic heterocycles. The van der Waals surface area contributed by atoms with E-state index in [0.717, 1.165) is 11.8 Å². The molecule has 1 aliphatic rings. The Morgan fingerprint density at radius 2 is 2.25 bits per heavy atom. The summed E-state index contributed by atoms with van der Waals surface area (Å²) in [6.45, 7) is 4.63. The number of fused-ring (bicyclic) bond motifs is 1. The lowest BCUT2D eigenvalue weighted by molar-refractivity contribution is -0.108. The Morgan fingerprint density at radius 1 is 1.42 bits per heavy atom. The lowest BCUT2D eigenvalue weighted by Gasteiger charge is -2.20. The summed E-state index contributed by atoms with van der Waals surface area (Å²) >= 11 is 0. The topological polar surface area (TPSA) is 74.3 Å². The highest BCUT2D eigenvalue weighted by Crippen LogP contribution is 2.34. The second kappa shape index (κ2) is 9.05. The van der Waals surface area contributed by atoms with Crippen molar-refractivity contribution >= 4 is 18.1 Å². The molecule has 1 heterocycles. The first-order chi connectivity index (χ1) is 11.7. The average Bonchev–Trinajstić information content (AvgIpc) is 2.97. The minimum Gasteiger partial charge on any atom is -0.468 e. The summed E-state index contributed by atoms with van der Waals surface area (Å²) in [5.74, 6) is 0.608. The van der Waals surface area contributed by atoms with Crippen molar-refractivity contribution in [2.75, 3.05) is 38.6 Å². The maximum Gasteiger partial charge on any atom is 0.415 e. The fraction of sp³-hybridized carbons (Fsp3) is 0.412. The largest absolute Gasteiger partial charge is 0.468 e. The van der Waals surface area contributed by atoms with Crippen LogP contribution in [-0.4, -0.2) is 52.1 Å². The second-order valence-electron chi connectivity index (χ2n) is 5.10. The molecule has 0 saturated carbocycles. The van der Waals surface area contributed by atoms with Crippen LogP contribution in [0.5, 0.6) is 5.75 Å². The molecule has 1 amide bonds. The summed E-state index contributed by atoms with van der Waals surface area (Å²) < 4.78 is 20.7. The molecule has 2 rings (SSSR count). The number of anilines is 1. The number of ether oxygens (including phenoxy) is 4. The zero-order chi connectivity index (χ0) is 17.4. The molecule has 0 aliphatic carbocycles. The zero-order valence-corrected chi connectivity index (χ0v) is 13.6. The van der Waals surface area contributed by atoms with Gasteiger partial charge in [0.2, 0.25) is 0 Å². The molecular weight excluding hydrogens is 314 g/mol. The minimum atomic E-state index is -0.578. The van der Waals surface area contributed by atoms with Crippen LogP contribution in [0.1, 0.15) is 5.56 Å². The molecule has 0 fully saturated rings. The number of rotatable bonds is 9. The molecule has 130 valence electrons. The van der Waals surface area contributed by atoms with Crippen LogP contribution in [0.3, 0.4) is 0 Å². The highest BCUT2D eigenvalue weighted by molar-refractivity contribution is 5.96. The number of carbonyl (C=O) groups is 2. The van der Waals surface area contributed by atoms with Gasteiger partial charge in [0.15, 0.2) is 6.79 Å².